The summed E-state index contributed by atoms with van der Waals surface area (Å²) in [5, 5.41) is 10.5. The molecule has 2 amide bonds. The Morgan fingerprint density at radius 2 is 1.96 bits per heavy atom. The number of anilines is 1. The number of esters is 1. The lowest BCUT2D eigenvalue weighted by atomic mass is 10.1. The predicted molar refractivity (Wildman–Crippen MR) is 83.8 cm³/mol. The van der Waals surface area contributed by atoms with Crippen LogP contribution in [0.1, 0.15) is 19.8 Å². The first kappa shape index (κ1) is 17.0. The zero-order valence-corrected chi connectivity index (χ0v) is 13.6. The van der Waals surface area contributed by atoms with Crippen LogP contribution in [0.5, 0.6) is 11.5 Å². The lowest BCUT2D eigenvalue weighted by Gasteiger charge is -2.11. The number of benzene rings is 1. The lowest BCUT2D eigenvalue weighted by Crippen LogP contribution is -2.28. The van der Waals surface area contributed by atoms with E-state index < -0.39 is 46.7 Å². The SMILES string of the molecule is CC(=O)Oc1c(N2C(=O)CCC2=O)oc(-c2cc(Cl)ccc2F)c1O. The molecule has 0 unspecified atom stereocenters. The van der Waals surface area contributed by atoms with Gasteiger partial charge >= 0.3 is 5.97 Å². The molecule has 130 valence electrons. The normalized spacial score (nSPS) is 14.3. The van der Waals surface area contributed by atoms with Crippen molar-refractivity contribution in [3.63, 3.8) is 0 Å². The molecule has 1 saturated heterocycles. The molecule has 1 aromatic carbocycles. The number of nitrogens with zero attached hydrogens (tertiary/aromatic N) is 1. The summed E-state index contributed by atoms with van der Waals surface area (Å²) in [7, 11) is 0. The van der Waals surface area contributed by atoms with Gasteiger partial charge in [-0.2, -0.15) is 0 Å². The number of carbonyl (C=O) groups is 3. The summed E-state index contributed by atoms with van der Waals surface area (Å²) in [6.07, 6.45) is -0.110. The molecule has 9 heteroatoms. The molecule has 3 rings (SSSR count). The maximum atomic E-state index is 14.1. The van der Waals surface area contributed by atoms with Crippen LogP contribution in [-0.4, -0.2) is 22.9 Å². The molecule has 1 fully saturated rings. The summed E-state index contributed by atoms with van der Waals surface area (Å²) >= 11 is 5.83. The Morgan fingerprint density at radius 1 is 1.32 bits per heavy atom. The van der Waals surface area contributed by atoms with Crippen molar-refractivity contribution >= 4 is 35.3 Å². The minimum absolute atomic E-state index is 0.0549. The number of aromatic hydroxyl groups is 1. The minimum Gasteiger partial charge on any atom is -0.502 e. The molecule has 0 bridgehead atoms. The van der Waals surface area contributed by atoms with Gasteiger partial charge < -0.3 is 14.3 Å². The van der Waals surface area contributed by atoms with E-state index in [0.717, 1.165) is 13.0 Å². The van der Waals surface area contributed by atoms with Gasteiger partial charge in [-0.1, -0.05) is 11.6 Å². The Balaban J connectivity index is 2.22. The summed E-state index contributed by atoms with van der Waals surface area (Å²) in [6.45, 7) is 1.06. The second-order valence-electron chi connectivity index (χ2n) is 5.25. The van der Waals surface area contributed by atoms with E-state index in [4.69, 9.17) is 20.8 Å². The number of carbonyl (C=O) groups excluding carboxylic acids is 3. The molecule has 1 aromatic heterocycles. The molecule has 0 aliphatic carbocycles. The zero-order chi connectivity index (χ0) is 18.3. The number of ether oxygens (including phenoxy) is 1. The molecule has 25 heavy (non-hydrogen) atoms. The van der Waals surface area contributed by atoms with Gasteiger partial charge in [-0.25, -0.2) is 9.29 Å². The first-order valence-corrected chi connectivity index (χ1v) is 7.52. The fourth-order valence-corrected chi connectivity index (χ4v) is 2.61. The highest BCUT2D eigenvalue weighted by molar-refractivity contribution is 6.30. The summed E-state index contributed by atoms with van der Waals surface area (Å²) in [4.78, 5) is 35.8. The van der Waals surface area contributed by atoms with E-state index in [1.165, 1.54) is 12.1 Å². The van der Waals surface area contributed by atoms with Gasteiger partial charge in [0.05, 0.1) is 5.56 Å². The van der Waals surface area contributed by atoms with Crippen molar-refractivity contribution in [1.82, 2.24) is 0 Å². The van der Waals surface area contributed by atoms with E-state index in [1.54, 1.807) is 0 Å². The molecule has 0 saturated carbocycles. The molecule has 2 aromatic rings. The Hall–Kier alpha value is -2.87. The topological polar surface area (TPSA) is 97.0 Å². The Labute approximate surface area is 145 Å². The minimum atomic E-state index is -0.824. The monoisotopic (exact) mass is 367 g/mol. The Kier molecular flexibility index (Phi) is 4.22. The molecule has 0 atom stereocenters. The number of imide groups is 1. The number of hydrogen-bond acceptors (Lipinski definition) is 6. The molecule has 1 aliphatic heterocycles. The number of hydrogen-bond donors (Lipinski definition) is 1. The molecule has 1 aliphatic rings. The molecule has 7 nitrogen and oxygen atoms in total. The second kappa shape index (κ2) is 6.21. The highest BCUT2D eigenvalue weighted by Crippen LogP contribution is 2.49. The van der Waals surface area contributed by atoms with Crippen molar-refractivity contribution in [3.05, 3.63) is 29.0 Å². The van der Waals surface area contributed by atoms with Crippen molar-refractivity contribution in [2.75, 3.05) is 4.90 Å². The van der Waals surface area contributed by atoms with Crippen molar-refractivity contribution in [3.8, 4) is 22.8 Å². The highest BCUT2D eigenvalue weighted by atomic mass is 35.5. The maximum absolute atomic E-state index is 14.1. The smallest absolute Gasteiger partial charge is 0.308 e. The first-order valence-electron chi connectivity index (χ1n) is 7.15. The molecule has 0 spiro atoms. The lowest BCUT2D eigenvalue weighted by molar-refractivity contribution is -0.132. The quantitative estimate of drug-likeness (QED) is 0.661. The fraction of sp³-hybridized carbons (Fsp3) is 0.188. The Bertz CT molecular complexity index is 890. The fourth-order valence-electron chi connectivity index (χ4n) is 2.44. The summed E-state index contributed by atoms with van der Waals surface area (Å²) in [6, 6.07) is 3.53. The first-order chi connectivity index (χ1) is 11.8. The van der Waals surface area contributed by atoms with E-state index in [-0.39, 0.29) is 23.4 Å². The van der Waals surface area contributed by atoms with Crippen LogP contribution in [-0.2, 0) is 14.4 Å². The number of furan rings is 1. The van der Waals surface area contributed by atoms with Crippen LogP contribution < -0.4 is 9.64 Å². The summed E-state index contributed by atoms with van der Waals surface area (Å²) < 4.78 is 24.3. The van der Waals surface area contributed by atoms with Gasteiger partial charge in [-0.15, -0.1) is 0 Å². The van der Waals surface area contributed by atoms with E-state index in [0.29, 0.717) is 4.90 Å². The molecule has 2 heterocycles. The van der Waals surface area contributed by atoms with Gasteiger partial charge in [0.2, 0.25) is 23.3 Å². The van der Waals surface area contributed by atoms with Gasteiger partial charge in [-0.3, -0.25) is 14.4 Å². The predicted octanol–water partition coefficient (Wildman–Crippen LogP) is 3.02. The van der Waals surface area contributed by atoms with Crippen LogP contribution in [0.4, 0.5) is 10.3 Å². The third kappa shape index (κ3) is 2.96. The van der Waals surface area contributed by atoms with Crippen LogP contribution >= 0.6 is 11.6 Å². The van der Waals surface area contributed by atoms with Gasteiger partial charge in [0.15, 0.2) is 5.76 Å². The summed E-state index contributed by atoms with van der Waals surface area (Å²) in [5.41, 5.74) is -0.219. The van der Waals surface area contributed by atoms with Crippen molar-refractivity contribution in [1.29, 1.82) is 0 Å². The van der Waals surface area contributed by atoms with Crippen molar-refractivity contribution in [2.45, 2.75) is 19.8 Å². The van der Waals surface area contributed by atoms with Gasteiger partial charge in [-0.05, 0) is 18.2 Å². The van der Waals surface area contributed by atoms with Gasteiger partial charge in [0, 0.05) is 24.8 Å². The van der Waals surface area contributed by atoms with E-state index in [1.807, 2.05) is 0 Å². The number of halogens is 2. The van der Waals surface area contributed by atoms with Crippen LogP contribution in [0.2, 0.25) is 5.02 Å². The van der Waals surface area contributed by atoms with E-state index in [9.17, 15) is 23.9 Å². The zero-order valence-electron chi connectivity index (χ0n) is 12.8. The number of amides is 2. The van der Waals surface area contributed by atoms with E-state index >= 15 is 0 Å². The van der Waals surface area contributed by atoms with Crippen molar-refractivity contribution < 1.29 is 33.0 Å². The molecular formula is C16H11ClFNO6. The average molecular weight is 368 g/mol. The van der Waals surface area contributed by atoms with Crippen LogP contribution in [0.25, 0.3) is 11.3 Å². The van der Waals surface area contributed by atoms with Crippen LogP contribution in [0, 0.1) is 5.82 Å². The standard InChI is InChI=1S/C16H11ClFNO6/c1-7(20)24-15-13(23)14(9-6-8(17)2-3-10(9)18)25-16(15)19-11(21)4-5-12(19)22/h2-3,6,23H,4-5H2,1H3. The summed E-state index contributed by atoms with van der Waals surface area (Å²) in [5.74, 6) is -4.93. The second-order valence-corrected chi connectivity index (χ2v) is 5.69. The number of rotatable bonds is 3. The Morgan fingerprint density at radius 3 is 2.56 bits per heavy atom. The van der Waals surface area contributed by atoms with Gasteiger partial charge in [0.25, 0.3) is 5.88 Å². The highest BCUT2D eigenvalue weighted by Gasteiger charge is 2.38. The average Bonchev–Trinajstić information content (AvgIpc) is 3.02. The molecule has 0 radical (unpaired) electrons. The maximum Gasteiger partial charge on any atom is 0.308 e. The van der Waals surface area contributed by atoms with Crippen molar-refractivity contribution in [2.24, 2.45) is 0 Å². The van der Waals surface area contributed by atoms with Gasteiger partial charge in [0.1, 0.15) is 5.82 Å². The molecule has 1 N–H and O–H groups in total. The van der Waals surface area contributed by atoms with Crippen LogP contribution in [0.3, 0.4) is 0 Å². The van der Waals surface area contributed by atoms with Crippen LogP contribution in [0.15, 0.2) is 22.6 Å². The third-order valence-electron chi connectivity index (χ3n) is 3.50. The van der Waals surface area contributed by atoms with E-state index in [2.05, 4.69) is 0 Å². The largest absolute Gasteiger partial charge is 0.502 e. The third-order valence-corrected chi connectivity index (χ3v) is 3.73. The molecular weight excluding hydrogens is 357 g/mol.